The van der Waals surface area contributed by atoms with Crippen molar-refractivity contribution >= 4 is 5.91 Å². The maximum atomic E-state index is 12.2. The smallest absolute Gasteiger partial charge is 0.271 e. The van der Waals surface area contributed by atoms with Gasteiger partial charge in [-0.05, 0) is 36.6 Å². The highest BCUT2D eigenvalue weighted by Gasteiger charge is 2.22. The molecule has 1 aliphatic heterocycles. The summed E-state index contributed by atoms with van der Waals surface area (Å²) in [5, 5.41) is 20.5. The fourth-order valence-electron chi connectivity index (χ4n) is 2.71. The minimum Gasteiger partial charge on any atom is -0.350 e. The molecule has 7 heteroatoms. The summed E-state index contributed by atoms with van der Waals surface area (Å²) in [6, 6.07) is 9.11. The Labute approximate surface area is 139 Å². The molecule has 3 rings (SSSR count). The maximum Gasteiger partial charge on any atom is 0.271 e. The predicted molar refractivity (Wildman–Crippen MR) is 85.9 cm³/mol. The van der Waals surface area contributed by atoms with Crippen molar-refractivity contribution in [3.05, 3.63) is 48.0 Å². The van der Waals surface area contributed by atoms with Gasteiger partial charge in [0.15, 0.2) is 6.19 Å². The highest BCUT2D eigenvalue weighted by molar-refractivity contribution is 5.92. The average Bonchev–Trinajstić information content (AvgIpc) is 3.29. The molecule has 0 saturated carbocycles. The summed E-state index contributed by atoms with van der Waals surface area (Å²) in [5.41, 5.74) is 1.76. The Morgan fingerprint density at radius 1 is 1.33 bits per heavy atom. The fraction of sp³-hybridized carbons (Fsp3) is 0.294. The molecule has 1 fully saturated rings. The minimum atomic E-state index is -0.224. The van der Waals surface area contributed by atoms with Crippen molar-refractivity contribution in [2.75, 3.05) is 19.6 Å². The standard InChI is InChI=1S/C17H16N6O/c18-7-13-1-3-15(4-2-13)23-10-16(21-12-23)17(24)20-8-14-5-6-22(9-14)11-19/h1-4,10,12,14H,5-6,8-9H2,(H,20,24). The fourth-order valence-corrected chi connectivity index (χ4v) is 2.71. The van der Waals surface area contributed by atoms with E-state index in [2.05, 4.69) is 22.6 Å². The molecule has 24 heavy (non-hydrogen) atoms. The largest absolute Gasteiger partial charge is 0.350 e. The summed E-state index contributed by atoms with van der Waals surface area (Å²) in [7, 11) is 0. The van der Waals surface area contributed by atoms with Gasteiger partial charge in [0, 0.05) is 31.5 Å². The molecule has 1 saturated heterocycles. The molecular weight excluding hydrogens is 304 g/mol. The zero-order valence-corrected chi connectivity index (χ0v) is 13.0. The number of likely N-dealkylation sites (tertiary alicyclic amines) is 1. The molecule has 7 nitrogen and oxygen atoms in total. The molecule has 0 bridgehead atoms. The van der Waals surface area contributed by atoms with Gasteiger partial charge >= 0.3 is 0 Å². The SMILES string of the molecule is N#Cc1ccc(-n2cnc(C(=O)NCC3CCN(C#N)C3)c2)cc1. The second-order valence-electron chi connectivity index (χ2n) is 5.74. The van der Waals surface area contributed by atoms with Crippen molar-refractivity contribution in [2.24, 2.45) is 5.92 Å². The molecule has 2 aromatic rings. The predicted octanol–water partition coefficient (Wildman–Crippen LogP) is 1.28. The molecule has 1 aromatic carbocycles. The first-order valence-electron chi connectivity index (χ1n) is 7.67. The van der Waals surface area contributed by atoms with Crippen LogP contribution in [0.1, 0.15) is 22.5 Å². The van der Waals surface area contributed by atoms with E-state index in [0.717, 1.165) is 18.7 Å². The highest BCUT2D eigenvalue weighted by Crippen LogP contribution is 2.14. The van der Waals surface area contributed by atoms with Crippen molar-refractivity contribution in [3.8, 4) is 17.9 Å². The van der Waals surface area contributed by atoms with Gasteiger partial charge in [0.1, 0.15) is 12.0 Å². The summed E-state index contributed by atoms with van der Waals surface area (Å²) in [6.07, 6.45) is 6.27. The van der Waals surface area contributed by atoms with Crippen molar-refractivity contribution in [3.63, 3.8) is 0 Å². The number of carbonyl (C=O) groups is 1. The third kappa shape index (κ3) is 3.36. The highest BCUT2D eigenvalue weighted by atomic mass is 16.1. The van der Waals surface area contributed by atoms with Gasteiger partial charge in [0.05, 0.1) is 11.6 Å². The number of hydrogen-bond acceptors (Lipinski definition) is 5. The molecule has 0 spiro atoms. The van der Waals surface area contributed by atoms with Crippen LogP contribution in [0.4, 0.5) is 0 Å². The number of aromatic nitrogens is 2. The zero-order chi connectivity index (χ0) is 16.9. The van der Waals surface area contributed by atoms with E-state index in [4.69, 9.17) is 10.5 Å². The lowest BCUT2D eigenvalue weighted by atomic mass is 10.1. The van der Waals surface area contributed by atoms with E-state index in [1.54, 1.807) is 46.3 Å². The number of nitrogens with one attached hydrogen (secondary N) is 1. The Kier molecular flexibility index (Phi) is 4.44. The van der Waals surface area contributed by atoms with Crippen molar-refractivity contribution < 1.29 is 4.79 Å². The van der Waals surface area contributed by atoms with E-state index >= 15 is 0 Å². The Morgan fingerprint density at radius 3 is 2.79 bits per heavy atom. The summed E-state index contributed by atoms with van der Waals surface area (Å²) in [4.78, 5) is 18.0. The summed E-state index contributed by atoms with van der Waals surface area (Å²) >= 11 is 0. The lowest BCUT2D eigenvalue weighted by Crippen LogP contribution is -2.30. The molecule has 1 amide bonds. The topological polar surface area (TPSA) is 97.7 Å². The van der Waals surface area contributed by atoms with Crippen molar-refractivity contribution in [1.29, 1.82) is 10.5 Å². The van der Waals surface area contributed by atoms with E-state index in [1.807, 2.05) is 0 Å². The van der Waals surface area contributed by atoms with E-state index in [0.29, 0.717) is 30.3 Å². The number of amides is 1. The van der Waals surface area contributed by atoms with Crippen LogP contribution in [0.2, 0.25) is 0 Å². The van der Waals surface area contributed by atoms with Gasteiger partial charge in [0.2, 0.25) is 0 Å². The van der Waals surface area contributed by atoms with E-state index in [1.165, 1.54) is 0 Å². The summed E-state index contributed by atoms with van der Waals surface area (Å²) < 4.78 is 1.74. The van der Waals surface area contributed by atoms with Gasteiger partial charge in [-0.25, -0.2) is 4.98 Å². The van der Waals surface area contributed by atoms with E-state index in [-0.39, 0.29) is 5.91 Å². The minimum absolute atomic E-state index is 0.224. The molecule has 0 radical (unpaired) electrons. The van der Waals surface area contributed by atoms with Crippen molar-refractivity contribution in [2.45, 2.75) is 6.42 Å². The first-order chi connectivity index (χ1) is 11.7. The van der Waals surface area contributed by atoms with Crippen LogP contribution in [0.3, 0.4) is 0 Å². The number of benzene rings is 1. The van der Waals surface area contributed by atoms with Crippen LogP contribution in [0, 0.1) is 28.7 Å². The number of imidazole rings is 1. The molecule has 1 aromatic heterocycles. The monoisotopic (exact) mass is 320 g/mol. The van der Waals surface area contributed by atoms with Gasteiger partial charge in [-0.2, -0.15) is 10.5 Å². The quantitative estimate of drug-likeness (QED) is 0.856. The molecule has 1 N–H and O–H groups in total. The van der Waals surface area contributed by atoms with Gasteiger partial charge in [-0.1, -0.05) is 0 Å². The van der Waals surface area contributed by atoms with Crippen molar-refractivity contribution in [1.82, 2.24) is 19.8 Å². The first kappa shape index (κ1) is 15.6. The molecular formula is C17H16N6O. The van der Waals surface area contributed by atoms with Crippen LogP contribution >= 0.6 is 0 Å². The molecule has 0 aliphatic carbocycles. The molecule has 2 heterocycles. The number of nitriles is 2. The van der Waals surface area contributed by atoms with Crippen LogP contribution in [-0.4, -0.2) is 40.0 Å². The summed E-state index contributed by atoms with van der Waals surface area (Å²) in [5.74, 6) is 0.0759. The number of nitrogens with zero attached hydrogens (tertiary/aromatic N) is 5. The van der Waals surface area contributed by atoms with Gasteiger partial charge in [-0.3, -0.25) is 4.79 Å². The van der Waals surface area contributed by atoms with Gasteiger partial charge in [-0.15, -0.1) is 0 Å². The van der Waals surface area contributed by atoms with Crippen LogP contribution in [-0.2, 0) is 0 Å². The third-order valence-corrected chi connectivity index (χ3v) is 4.09. The van der Waals surface area contributed by atoms with Gasteiger partial charge < -0.3 is 14.8 Å². The number of hydrogen-bond donors (Lipinski definition) is 1. The first-order valence-corrected chi connectivity index (χ1v) is 7.67. The second-order valence-corrected chi connectivity index (χ2v) is 5.74. The van der Waals surface area contributed by atoms with Crippen LogP contribution in [0.25, 0.3) is 5.69 Å². The lowest BCUT2D eigenvalue weighted by molar-refractivity contribution is 0.0943. The summed E-state index contributed by atoms with van der Waals surface area (Å²) in [6.45, 7) is 1.99. The van der Waals surface area contributed by atoms with Crippen LogP contribution in [0.15, 0.2) is 36.8 Å². The second kappa shape index (κ2) is 6.84. The number of rotatable bonds is 4. The van der Waals surface area contributed by atoms with Gasteiger partial charge in [0.25, 0.3) is 5.91 Å². The zero-order valence-electron chi connectivity index (χ0n) is 13.0. The molecule has 1 aliphatic rings. The Bertz CT molecular complexity index is 811. The van der Waals surface area contributed by atoms with E-state index in [9.17, 15) is 4.79 Å². The Balaban J connectivity index is 1.59. The van der Waals surface area contributed by atoms with Crippen LogP contribution < -0.4 is 5.32 Å². The normalized spacial score (nSPS) is 16.4. The number of carbonyl (C=O) groups excluding carboxylic acids is 1. The van der Waals surface area contributed by atoms with E-state index < -0.39 is 0 Å². The molecule has 1 unspecified atom stereocenters. The Hall–Kier alpha value is -3.32. The average molecular weight is 320 g/mol. The van der Waals surface area contributed by atoms with Crippen LogP contribution in [0.5, 0.6) is 0 Å². The molecule has 120 valence electrons. The maximum absolute atomic E-state index is 12.2. The third-order valence-electron chi connectivity index (χ3n) is 4.09. The lowest BCUT2D eigenvalue weighted by Gasteiger charge is -2.10. The Morgan fingerprint density at radius 2 is 2.12 bits per heavy atom. The molecule has 1 atom stereocenters.